The first-order chi connectivity index (χ1) is 9.20. The Morgan fingerprint density at radius 3 is 3.21 bits per heavy atom. The van der Waals surface area contributed by atoms with E-state index >= 15 is 0 Å². The third-order valence-corrected chi connectivity index (χ3v) is 3.65. The fourth-order valence-electron chi connectivity index (χ4n) is 2.49. The van der Waals surface area contributed by atoms with Gasteiger partial charge in [-0.15, -0.1) is 0 Å². The second kappa shape index (κ2) is 6.96. The molecular weight excluding hydrogens is 262 g/mol. The molecule has 2 N–H and O–H groups in total. The van der Waals surface area contributed by atoms with E-state index in [0.717, 1.165) is 38.9 Å². The molecule has 19 heavy (non-hydrogen) atoms. The number of aromatic nitrogens is 1. The Hall–Kier alpha value is -1.00. The van der Waals surface area contributed by atoms with Crippen molar-refractivity contribution in [3.05, 3.63) is 23.0 Å². The van der Waals surface area contributed by atoms with Gasteiger partial charge in [0.05, 0.1) is 5.02 Å². The lowest BCUT2D eigenvalue weighted by Gasteiger charge is -2.17. The molecular formula is C14H22ClN3O. The average Bonchev–Trinajstić information content (AvgIpc) is 2.60. The van der Waals surface area contributed by atoms with Gasteiger partial charge in [0.2, 0.25) is 0 Å². The Kier molecular flexibility index (Phi) is 5.28. The molecule has 0 bridgehead atoms. The number of aryl methyl sites for hydroxylation is 1. The van der Waals surface area contributed by atoms with Gasteiger partial charge in [0.1, 0.15) is 5.69 Å². The molecule has 1 aliphatic heterocycles. The van der Waals surface area contributed by atoms with Gasteiger partial charge < -0.3 is 15.2 Å². The van der Waals surface area contributed by atoms with Crippen molar-refractivity contribution in [3.8, 4) is 0 Å². The minimum Gasteiger partial charge on any atom is -0.347 e. The number of hydrogen-bond donors (Lipinski definition) is 2. The third kappa shape index (κ3) is 3.98. The minimum absolute atomic E-state index is 0.0194. The summed E-state index contributed by atoms with van der Waals surface area (Å²) in [6.45, 7) is 4.81. The summed E-state index contributed by atoms with van der Waals surface area (Å²) in [5, 5.41) is 7.08. The summed E-state index contributed by atoms with van der Waals surface area (Å²) in [5.41, 5.74) is 0.663. The van der Waals surface area contributed by atoms with E-state index in [9.17, 15) is 4.79 Å². The zero-order valence-electron chi connectivity index (χ0n) is 11.4. The topological polar surface area (TPSA) is 46.1 Å². The molecule has 5 heteroatoms. The highest BCUT2D eigenvalue weighted by Gasteiger charge is 2.18. The second-order valence-electron chi connectivity index (χ2n) is 5.11. The highest BCUT2D eigenvalue weighted by Crippen LogP contribution is 2.15. The molecule has 0 aromatic carbocycles. The summed E-state index contributed by atoms with van der Waals surface area (Å²) in [6.07, 6.45) is 6.20. The molecule has 0 radical (unpaired) electrons. The van der Waals surface area contributed by atoms with E-state index in [0.29, 0.717) is 10.7 Å². The molecule has 1 fully saturated rings. The number of hydrogen-bond acceptors (Lipinski definition) is 2. The van der Waals surface area contributed by atoms with Crippen molar-refractivity contribution in [2.75, 3.05) is 13.1 Å². The van der Waals surface area contributed by atoms with Crippen LogP contribution in [0.3, 0.4) is 0 Å². The first-order valence-electron chi connectivity index (χ1n) is 7.08. The third-order valence-electron chi connectivity index (χ3n) is 3.44. The maximum absolute atomic E-state index is 12.3. The summed E-state index contributed by atoms with van der Waals surface area (Å²) < 4.78 is 1.93. The zero-order valence-corrected chi connectivity index (χ0v) is 12.2. The van der Waals surface area contributed by atoms with Crippen LogP contribution in [-0.4, -0.2) is 29.6 Å². The molecule has 106 valence electrons. The highest BCUT2D eigenvalue weighted by molar-refractivity contribution is 6.31. The van der Waals surface area contributed by atoms with Gasteiger partial charge in [-0.1, -0.05) is 24.9 Å². The number of carbonyl (C=O) groups is 1. The van der Waals surface area contributed by atoms with E-state index in [2.05, 4.69) is 17.6 Å². The van der Waals surface area contributed by atoms with Crippen LogP contribution in [-0.2, 0) is 6.54 Å². The summed E-state index contributed by atoms with van der Waals surface area (Å²) in [5.74, 6) is -0.0194. The number of halogens is 1. The molecule has 1 saturated heterocycles. The summed E-state index contributed by atoms with van der Waals surface area (Å²) in [6, 6.07) is 1.97. The number of nitrogens with zero attached hydrogens (tertiary/aromatic N) is 1. The summed E-state index contributed by atoms with van der Waals surface area (Å²) in [7, 11) is 0. The summed E-state index contributed by atoms with van der Waals surface area (Å²) >= 11 is 6.00. The minimum atomic E-state index is -0.0194. The largest absolute Gasteiger partial charge is 0.347 e. The first kappa shape index (κ1) is 14.4. The lowest BCUT2D eigenvalue weighted by Crippen LogP contribution is -2.41. The van der Waals surface area contributed by atoms with Crippen LogP contribution in [0.25, 0.3) is 0 Å². The van der Waals surface area contributed by atoms with E-state index < -0.39 is 0 Å². The van der Waals surface area contributed by atoms with Crippen LogP contribution >= 0.6 is 11.6 Å². The first-order valence-corrected chi connectivity index (χ1v) is 7.45. The van der Waals surface area contributed by atoms with Crippen LogP contribution in [0.5, 0.6) is 0 Å². The van der Waals surface area contributed by atoms with Crippen LogP contribution in [0.2, 0.25) is 5.02 Å². The van der Waals surface area contributed by atoms with Crippen molar-refractivity contribution >= 4 is 17.5 Å². The van der Waals surface area contributed by atoms with Crippen LogP contribution in [0.4, 0.5) is 0 Å². The van der Waals surface area contributed by atoms with Gasteiger partial charge in [0.15, 0.2) is 0 Å². The fraction of sp³-hybridized carbons (Fsp3) is 0.643. The van der Waals surface area contributed by atoms with Gasteiger partial charge in [-0.25, -0.2) is 0 Å². The predicted molar refractivity (Wildman–Crippen MR) is 77.7 cm³/mol. The lowest BCUT2D eigenvalue weighted by molar-refractivity contribution is 0.0926. The molecule has 1 atom stereocenters. The monoisotopic (exact) mass is 283 g/mol. The molecule has 1 unspecified atom stereocenters. The normalized spacial score (nSPS) is 20.0. The molecule has 0 aliphatic carbocycles. The molecule has 0 spiro atoms. The molecule has 4 nitrogen and oxygen atoms in total. The Balaban J connectivity index is 2.02. The van der Waals surface area contributed by atoms with Crippen LogP contribution in [0, 0.1) is 0 Å². The van der Waals surface area contributed by atoms with Gasteiger partial charge in [-0.05, 0) is 31.9 Å². The number of rotatable bonds is 4. The van der Waals surface area contributed by atoms with Crippen molar-refractivity contribution < 1.29 is 4.79 Å². The van der Waals surface area contributed by atoms with Crippen LogP contribution in [0.15, 0.2) is 12.3 Å². The van der Waals surface area contributed by atoms with Crippen LogP contribution < -0.4 is 10.6 Å². The van der Waals surface area contributed by atoms with Gasteiger partial charge in [0, 0.05) is 25.3 Å². The summed E-state index contributed by atoms with van der Waals surface area (Å²) in [4.78, 5) is 12.3. The fourth-order valence-corrected chi connectivity index (χ4v) is 2.71. The van der Waals surface area contributed by atoms with Gasteiger partial charge in [-0.2, -0.15) is 0 Å². The molecule has 1 aromatic rings. The van der Waals surface area contributed by atoms with Crippen molar-refractivity contribution in [2.45, 2.75) is 45.2 Å². The van der Waals surface area contributed by atoms with Crippen molar-refractivity contribution in [1.82, 2.24) is 15.2 Å². The Bertz CT molecular complexity index is 422. The van der Waals surface area contributed by atoms with Crippen molar-refractivity contribution in [2.24, 2.45) is 0 Å². The maximum atomic E-state index is 12.3. The maximum Gasteiger partial charge on any atom is 0.268 e. The van der Waals surface area contributed by atoms with E-state index in [-0.39, 0.29) is 11.9 Å². The average molecular weight is 284 g/mol. The van der Waals surface area contributed by atoms with E-state index in [1.807, 2.05) is 10.8 Å². The predicted octanol–water partition coefficient (Wildman–Crippen LogP) is 2.42. The Morgan fingerprint density at radius 2 is 2.42 bits per heavy atom. The van der Waals surface area contributed by atoms with E-state index in [1.165, 1.54) is 6.42 Å². The quantitative estimate of drug-likeness (QED) is 0.891. The van der Waals surface area contributed by atoms with Gasteiger partial charge >= 0.3 is 0 Å². The van der Waals surface area contributed by atoms with Crippen LogP contribution in [0.1, 0.15) is 43.1 Å². The number of nitrogens with one attached hydrogen (secondary N) is 2. The molecule has 1 aliphatic rings. The Labute approximate surface area is 119 Å². The van der Waals surface area contributed by atoms with E-state index in [1.54, 1.807) is 6.07 Å². The van der Waals surface area contributed by atoms with E-state index in [4.69, 9.17) is 11.6 Å². The van der Waals surface area contributed by atoms with Crippen molar-refractivity contribution in [3.63, 3.8) is 0 Å². The molecule has 1 aromatic heterocycles. The lowest BCUT2D eigenvalue weighted by atomic mass is 10.1. The molecule has 2 heterocycles. The molecule has 0 saturated carbocycles. The zero-order chi connectivity index (χ0) is 13.7. The smallest absolute Gasteiger partial charge is 0.268 e. The number of carbonyl (C=O) groups excluding carboxylic acids is 1. The number of amides is 1. The van der Waals surface area contributed by atoms with Gasteiger partial charge in [0.25, 0.3) is 5.91 Å². The SMILES string of the molecule is CCCn1cc(Cl)cc1C(=O)NC1CCCCNC1. The highest BCUT2D eigenvalue weighted by atomic mass is 35.5. The second-order valence-corrected chi connectivity index (χ2v) is 5.54. The molecule has 2 rings (SSSR count). The van der Waals surface area contributed by atoms with Crippen molar-refractivity contribution in [1.29, 1.82) is 0 Å². The molecule has 1 amide bonds. The van der Waals surface area contributed by atoms with Gasteiger partial charge in [-0.3, -0.25) is 4.79 Å². The Morgan fingerprint density at radius 1 is 1.58 bits per heavy atom. The standard InChI is InChI=1S/C14H22ClN3O/c1-2-7-18-10-11(15)8-13(18)14(19)17-12-5-3-4-6-16-9-12/h8,10,12,16H,2-7,9H2,1H3,(H,17,19).